The SMILES string of the molecule is CCN(CC(=O)NC(C)(C)C)S(=O)(=O)c1cc(Br)ccc1C. The average Bonchev–Trinajstić information content (AvgIpc) is 2.36. The van der Waals surface area contributed by atoms with E-state index < -0.39 is 15.6 Å². The van der Waals surface area contributed by atoms with E-state index in [-0.39, 0.29) is 23.9 Å². The second kappa shape index (κ2) is 7.10. The number of rotatable bonds is 5. The first-order chi connectivity index (χ1) is 9.97. The highest BCUT2D eigenvalue weighted by atomic mass is 79.9. The molecule has 0 radical (unpaired) electrons. The first-order valence-corrected chi connectivity index (χ1v) is 9.28. The Morgan fingerprint density at radius 3 is 2.41 bits per heavy atom. The number of halogens is 1. The lowest BCUT2D eigenvalue weighted by Gasteiger charge is -2.25. The zero-order valence-electron chi connectivity index (χ0n) is 13.6. The van der Waals surface area contributed by atoms with Gasteiger partial charge in [-0.05, 0) is 45.4 Å². The Balaban J connectivity index is 3.07. The van der Waals surface area contributed by atoms with Crippen molar-refractivity contribution in [3.63, 3.8) is 0 Å². The van der Waals surface area contributed by atoms with E-state index in [9.17, 15) is 13.2 Å². The molecule has 1 rings (SSSR count). The fourth-order valence-electron chi connectivity index (χ4n) is 1.98. The fraction of sp³-hybridized carbons (Fsp3) is 0.533. The molecule has 1 aromatic rings. The van der Waals surface area contributed by atoms with Crippen molar-refractivity contribution in [1.29, 1.82) is 0 Å². The van der Waals surface area contributed by atoms with Gasteiger partial charge in [-0.25, -0.2) is 8.42 Å². The Bertz CT molecular complexity index is 651. The Hall–Kier alpha value is -0.920. The van der Waals surface area contributed by atoms with E-state index in [0.29, 0.717) is 10.0 Å². The normalized spacial score (nSPS) is 12.5. The summed E-state index contributed by atoms with van der Waals surface area (Å²) in [6.07, 6.45) is 0. The zero-order valence-corrected chi connectivity index (χ0v) is 16.0. The van der Waals surface area contributed by atoms with Crippen LogP contribution < -0.4 is 5.32 Å². The molecular formula is C15H23BrN2O3S. The third-order valence-corrected chi connectivity index (χ3v) is 5.51. The first-order valence-electron chi connectivity index (χ1n) is 7.04. The summed E-state index contributed by atoms with van der Waals surface area (Å²) in [4.78, 5) is 12.2. The van der Waals surface area contributed by atoms with Crippen molar-refractivity contribution in [2.75, 3.05) is 13.1 Å². The third kappa shape index (κ3) is 5.07. The van der Waals surface area contributed by atoms with Gasteiger partial charge in [0.25, 0.3) is 0 Å². The molecule has 5 nitrogen and oxygen atoms in total. The van der Waals surface area contributed by atoms with Crippen LogP contribution >= 0.6 is 15.9 Å². The van der Waals surface area contributed by atoms with Gasteiger partial charge in [-0.1, -0.05) is 28.9 Å². The molecule has 22 heavy (non-hydrogen) atoms. The molecule has 124 valence electrons. The van der Waals surface area contributed by atoms with E-state index in [1.165, 1.54) is 4.31 Å². The number of hydrogen-bond acceptors (Lipinski definition) is 3. The van der Waals surface area contributed by atoms with Gasteiger partial charge >= 0.3 is 0 Å². The maximum absolute atomic E-state index is 12.8. The Morgan fingerprint density at radius 2 is 1.91 bits per heavy atom. The lowest BCUT2D eigenvalue weighted by Crippen LogP contribution is -2.47. The molecular weight excluding hydrogens is 368 g/mol. The number of amides is 1. The third-order valence-electron chi connectivity index (χ3n) is 2.96. The summed E-state index contributed by atoms with van der Waals surface area (Å²) >= 11 is 3.29. The molecule has 1 aromatic carbocycles. The van der Waals surface area contributed by atoms with Crippen molar-refractivity contribution in [3.8, 4) is 0 Å². The van der Waals surface area contributed by atoms with Crippen LogP contribution in [-0.2, 0) is 14.8 Å². The molecule has 0 spiro atoms. The van der Waals surface area contributed by atoms with E-state index in [0.717, 1.165) is 0 Å². The van der Waals surface area contributed by atoms with Crippen LogP contribution in [0.5, 0.6) is 0 Å². The molecule has 0 unspecified atom stereocenters. The van der Waals surface area contributed by atoms with Gasteiger partial charge in [0.2, 0.25) is 15.9 Å². The lowest BCUT2D eigenvalue weighted by atomic mass is 10.1. The van der Waals surface area contributed by atoms with Crippen LogP contribution in [0.15, 0.2) is 27.6 Å². The number of nitrogens with zero attached hydrogens (tertiary/aromatic N) is 1. The molecule has 1 amide bonds. The Labute approximate surface area is 141 Å². The molecule has 1 N–H and O–H groups in total. The number of benzene rings is 1. The van der Waals surface area contributed by atoms with E-state index in [1.54, 1.807) is 32.0 Å². The fourth-order valence-corrected chi connectivity index (χ4v) is 4.14. The lowest BCUT2D eigenvalue weighted by molar-refractivity contribution is -0.122. The van der Waals surface area contributed by atoms with Crippen LogP contribution in [0.1, 0.15) is 33.3 Å². The molecule has 0 aliphatic rings. The highest BCUT2D eigenvalue weighted by Crippen LogP contribution is 2.23. The van der Waals surface area contributed by atoms with Gasteiger partial charge in [0.05, 0.1) is 11.4 Å². The molecule has 0 heterocycles. The second-order valence-electron chi connectivity index (χ2n) is 6.14. The van der Waals surface area contributed by atoms with Crippen LogP contribution in [0, 0.1) is 6.92 Å². The molecule has 7 heteroatoms. The molecule has 0 aromatic heterocycles. The van der Waals surface area contributed by atoms with Crippen LogP contribution in [0.25, 0.3) is 0 Å². The Kier molecular flexibility index (Phi) is 6.18. The van der Waals surface area contributed by atoms with E-state index >= 15 is 0 Å². The van der Waals surface area contributed by atoms with Crippen molar-refractivity contribution >= 4 is 31.9 Å². The van der Waals surface area contributed by atoms with E-state index in [4.69, 9.17) is 0 Å². The van der Waals surface area contributed by atoms with Gasteiger partial charge in [0.1, 0.15) is 0 Å². The van der Waals surface area contributed by atoms with Crippen molar-refractivity contribution < 1.29 is 13.2 Å². The summed E-state index contributed by atoms with van der Waals surface area (Å²) < 4.78 is 27.4. The topological polar surface area (TPSA) is 66.5 Å². The number of carbonyl (C=O) groups is 1. The predicted molar refractivity (Wildman–Crippen MR) is 91.2 cm³/mol. The number of likely N-dealkylation sites (N-methyl/N-ethyl adjacent to an activating group) is 1. The minimum absolute atomic E-state index is 0.192. The molecule has 0 aliphatic carbocycles. The minimum atomic E-state index is -3.71. The summed E-state index contributed by atoms with van der Waals surface area (Å²) in [6, 6.07) is 5.09. The van der Waals surface area contributed by atoms with Crippen LogP contribution in [0.4, 0.5) is 0 Å². The molecule has 0 saturated carbocycles. The smallest absolute Gasteiger partial charge is 0.243 e. The molecule has 0 bridgehead atoms. The number of sulfonamides is 1. The van der Waals surface area contributed by atoms with Crippen LogP contribution in [0.3, 0.4) is 0 Å². The van der Waals surface area contributed by atoms with Crippen molar-refractivity contribution in [1.82, 2.24) is 9.62 Å². The number of carbonyl (C=O) groups excluding carboxylic acids is 1. The number of hydrogen-bond donors (Lipinski definition) is 1. The highest BCUT2D eigenvalue weighted by Gasteiger charge is 2.28. The molecule has 0 fully saturated rings. The standard InChI is InChI=1S/C15H23BrN2O3S/c1-6-18(10-14(19)17-15(3,4)5)22(20,21)13-9-12(16)8-7-11(13)2/h7-9H,6,10H2,1-5H3,(H,17,19). The average molecular weight is 391 g/mol. The van der Waals surface area contributed by atoms with E-state index in [1.807, 2.05) is 20.8 Å². The van der Waals surface area contributed by atoms with Crippen molar-refractivity contribution in [2.24, 2.45) is 0 Å². The summed E-state index contributed by atoms with van der Waals surface area (Å²) in [5.74, 6) is -0.314. The second-order valence-corrected chi connectivity index (χ2v) is 8.96. The number of nitrogens with one attached hydrogen (secondary N) is 1. The van der Waals surface area contributed by atoms with E-state index in [2.05, 4.69) is 21.2 Å². The van der Waals surface area contributed by atoms with Crippen molar-refractivity contribution in [3.05, 3.63) is 28.2 Å². The van der Waals surface area contributed by atoms with Gasteiger partial charge in [-0.2, -0.15) is 4.31 Å². The summed E-state index contributed by atoms with van der Waals surface area (Å²) in [5.41, 5.74) is 0.254. The maximum Gasteiger partial charge on any atom is 0.243 e. The highest BCUT2D eigenvalue weighted by molar-refractivity contribution is 9.10. The minimum Gasteiger partial charge on any atom is -0.350 e. The summed E-state index contributed by atoms with van der Waals surface area (Å²) in [6.45, 7) is 9.06. The molecule has 0 aliphatic heterocycles. The van der Waals surface area contributed by atoms with Crippen LogP contribution in [-0.4, -0.2) is 37.3 Å². The van der Waals surface area contributed by atoms with Gasteiger partial charge < -0.3 is 5.32 Å². The largest absolute Gasteiger partial charge is 0.350 e. The predicted octanol–water partition coefficient (Wildman–Crippen LogP) is 2.68. The van der Waals surface area contributed by atoms with Gasteiger partial charge in [0, 0.05) is 16.6 Å². The summed E-state index contributed by atoms with van der Waals surface area (Å²) in [5, 5.41) is 2.78. The first kappa shape index (κ1) is 19.1. The van der Waals surface area contributed by atoms with Crippen molar-refractivity contribution in [2.45, 2.75) is 45.1 Å². The molecule has 0 saturated heterocycles. The van der Waals surface area contributed by atoms with Gasteiger partial charge in [0.15, 0.2) is 0 Å². The summed E-state index contributed by atoms with van der Waals surface area (Å²) in [7, 11) is -3.71. The Morgan fingerprint density at radius 1 is 1.32 bits per heavy atom. The zero-order chi connectivity index (χ0) is 17.1. The number of aryl methyl sites for hydroxylation is 1. The maximum atomic E-state index is 12.8. The van der Waals surface area contributed by atoms with Gasteiger partial charge in [-0.3, -0.25) is 4.79 Å². The molecule has 0 atom stereocenters. The monoisotopic (exact) mass is 390 g/mol. The quantitative estimate of drug-likeness (QED) is 0.839. The van der Waals surface area contributed by atoms with Gasteiger partial charge in [-0.15, -0.1) is 0 Å². The van der Waals surface area contributed by atoms with Crippen LogP contribution in [0.2, 0.25) is 0 Å².